The predicted octanol–water partition coefficient (Wildman–Crippen LogP) is 2.17. The lowest BCUT2D eigenvalue weighted by Gasteiger charge is -2.19. The molecule has 34 heavy (non-hydrogen) atoms. The standard InChI is InChI=1S/C22H24F2N8O2/c1-26-10-17(18(25)21(34)32-7-6-22(23,24)11-32)31-20(33)19-16(29-14-8-27-12-28-9-14)5-4-15(30-19)13-2-3-13/h4-5,8-10,12-13,25-26,29H,2-3,6-7,11H2,1H3,(H,31,33)/b17-10+,25-18?. The number of halogens is 2. The predicted molar refractivity (Wildman–Crippen MR) is 120 cm³/mol. The highest BCUT2D eigenvalue weighted by molar-refractivity contribution is 6.44. The van der Waals surface area contributed by atoms with Crippen molar-refractivity contribution in [2.45, 2.75) is 31.1 Å². The fraction of sp³-hybridized carbons (Fsp3) is 0.364. The number of aromatic nitrogens is 3. The number of carbonyl (C=O) groups excluding carboxylic acids is 2. The number of carbonyl (C=O) groups is 2. The van der Waals surface area contributed by atoms with Gasteiger partial charge in [-0.1, -0.05) is 0 Å². The molecule has 1 saturated carbocycles. The zero-order valence-electron chi connectivity index (χ0n) is 18.4. The molecule has 4 N–H and O–H groups in total. The van der Waals surface area contributed by atoms with Crippen molar-refractivity contribution >= 4 is 28.9 Å². The molecule has 2 aromatic heterocycles. The zero-order chi connectivity index (χ0) is 24.3. The molecule has 2 aliphatic rings. The van der Waals surface area contributed by atoms with E-state index < -0.39 is 36.4 Å². The minimum absolute atomic E-state index is 0.0585. The maximum Gasteiger partial charge on any atom is 0.276 e. The number of hydrogen-bond acceptors (Lipinski definition) is 8. The number of amides is 2. The van der Waals surface area contributed by atoms with Crippen LogP contribution in [0, 0.1) is 5.41 Å². The summed E-state index contributed by atoms with van der Waals surface area (Å²) in [5.74, 6) is -4.25. The van der Waals surface area contributed by atoms with Crippen LogP contribution in [0.25, 0.3) is 0 Å². The van der Waals surface area contributed by atoms with Crippen LogP contribution in [0.5, 0.6) is 0 Å². The average Bonchev–Trinajstić information content (AvgIpc) is 3.61. The zero-order valence-corrected chi connectivity index (χ0v) is 18.4. The quantitative estimate of drug-likeness (QED) is 0.434. The lowest BCUT2D eigenvalue weighted by atomic mass is 10.2. The van der Waals surface area contributed by atoms with Crippen LogP contribution in [0.15, 0.2) is 42.8 Å². The highest BCUT2D eigenvalue weighted by Crippen LogP contribution is 2.39. The van der Waals surface area contributed by atoms with Crippen molar-refractivity contribution in [3.05, 3.63) is 54.1 Å². The first-order valence-electron chi connectivity index (χ1n) is 10.7. The van der Waals surface area contributed by atoms with Gasteiger partial charge >= 0.3 is 0 Å². The second-order valence-corrected chi connectivity index (χ2v) is 8.17. The van der Waals surface area contributed by atoms with Crippen molar-refractivity contribution in [3.63, 3.8) is 0 Å². The third kappa shape index (κ3) is 5.33. The summed E-state index contributed by atoms with van der Waals surface area (Å²) in [5.41, 5.74) is 0.997. The number of hydrogen-bond donors (Lipinski definition) is 4. The third-order valence-corrected chi connectivity index (χ3v) is 5.44. The van der Waals surface area contributed by atoms with Crippen LogP contribution in [-0.4, -0.2) is 63.4 Å². The van der Waals surface area contributed by atoms with Gasteiger partial charge in [-0.05, 0) is 25.0 Å². The molecule has 3 heterocycles. The summed E-state index contributed by atoms with van der Waals surface area (Å²) in [6, 6.07) is 3.57. The highest BCUT2D eigenvalue weighted by atomic mass is 19.3. The van der Waals surface area contributed by atoms with E-state index in [-0.39, 0.29) is 23.9 Å². The number of nitrogens with one attached hydrogen (secondary N) is 4. The van der Waals surface area contributed by atoms with Crippen LogP contribution in [0.4, 0.5) is 20.2 Å². The van der Waals surface area contributed by atoms with Crippen LogP contribution >= 0.6 is 0 Å². The largest absolute Gasteiger partial charge is 0.392 e. The average molecular weight is 470 g/mol. The van der Waals surface area contributed by atoms with E-state index in [1.165, 1.54) is 32.0 Å². The minimum atomic E-state index is -2.99. The first-order chi connectivity index (χ1) is 16.3. The Morgan fingerprint density at radius 2 is 1.97 bits per heavy atom. The number of rotatable bonds is 8. The van der Waals surface area contributed by atoms with Gasteiger partial charge in [-0.15, -0.1) is 0 Å². The second kappa shape index (κ2) is 9.49. The summed E-state index contributed by atoms with van der Waals surface area (Å²) in [6.07, 6.45) is 7.22. The van der Waals surface area contributed by atoms with Gasteiger partial charge in [0.05, 0.1) is 36.0 Å². The summed E-state index contributed by atoms with van der Waals surface area (Å²) in [7, 11) is 1.53. The number of alkyl halides is 2. The van der Waals surface area contributed by atoms with Crippen molar-refractivity contribution in [1.29, 1.82) is 5.41 Å². The van der Waals surface area contributed by atoms with Gasteiger partial charge in [-0.2, -0.15) is 0 Å². The molecule has 0 spiro atoms. The van der Waals surface area contributed by atoms with Gasteiger partial charge in [0, 0.05) is 37.8 Å². The fourth-order valence-electron chi connectivity index (χ4n) is 3.55. The molecule has 10 nitrogen and oxygen atoms in total. The van der Waals surface area contributed by atoms with Crippen molar-refractivity contribution in [3.8, 4) is 0 Å². The van der Waals surface area contributed by atoms with E-state index in [4.69, 9.17) is 5.41 Å². The summed E-state index contributed by atoms with van der Waals surface area (Å²) in [4.78, 5) is 39.2. The van der Waals surface area contributed by atoms with Crippen molar-refractivity contribution in [2.75, 3.05) is 25.5 Å². The molecule has 2 fully saturated rings. The van der Waals surface area contributed by atoms with Gasteiger partial charge in [0.2, 0.25) is 0 Å². The third-order valence-electron chi connectivity index (χ3n) is 5.44. The van der Waals surface area contributed by atoms with Crippen LogP contribution in [0.1, 0.15) is 41.4 Å². The first kappa shape index (κ1) is 23.2. The Labute approximate surface area is 194 Å². The monoisotopic (exact) mass is 470 g/mol. The van der Waals surface area contributed by atoms with E-state index in [1.807, 2.05) is 6.07 Å². The minimum Gasteiger partial charge on any atom is -0.392 e. The maximum atomic E-state index is 13.5. The molecule has 0 bridgehead atoms. The molecule has 1 aliphatic heterocycles. The molecule has 0 unspecified atom stereocenters. The summed E-state index contributed by atoms with van der Waals surface area (Å²) in [6.45, 7) is -0.916. The van der Waals surface area contributed by atoms with Gasteiger partial charge in [0.15, 0.2) is 5.69 Å². The Bertz CT molecular complexity index is 1130. The number of anilines is 2. The molecule has 2 aromatic rings. The lowest BCUT2D eigenvalue weighted by Crippen LogP contribution is -2.41. The van der Waals surface area contributed by atoms with Crippen molar-refractivity contribution in [2.24, 2.45) is 0 Å². The van der Waals surface area contributed by atoms with E-state index in [9.17, 15) is 18.4 Å². The van der Waals surface area contributed by atoms with E-state index in [1.54, 1.807) is 6.07 Å². The molecule has 0 radical (unpaired) electrons. The van der Waals surface area contributed by atoms with Gasteiger partial charge in [0.1, 0.15) is 12.0 Å². The van der Waals surface area contributed by atoms with Gasteiger partial charge in [0.25, 0.3) is 17.7 Å². The molecule has 1 aliphatic carbocycles. The topological polar surface area (TPSA) is 136 Å². The number of likely N-dealkylation sites (tertiary alicyclic amines) is 1. The smallest absolute Gasteiger partial charge is 0.276 e. The molecule has 2 amide bonds. The molecule has 0 aromatic carbocycles. The van der Waals surface area contributed by atoms with E-state index in [2.05, 4.69) is 30.9 Å². The maximum absolute atomic E-state index is 13.5. The summed E-state index contributed by atoms with van der Waals surface area (Å²) in [5, 5.41) is 16.5. The number of pyridine rings is 1. The molecule has 0 atom stereocenters. The summed E-state index contributed by atoms with van der Waals surface area (Å²) >= 11 is 0. The normalized spacial score (nSPS) is 17.3. The van der Waals surface area contributed by atoms with Crippen LogP contribution in [0.3, 0.4) is 0 Å². The Morgan fingerprint density at radius 3 is 2.59 bits per heavy atom. The van der Waals surface area contributed by atoms with Crippen LogP contribution < -0.4 is 16.0 Å². The Morgan fingerprint density at radius 1 is 1.24 bits per heavy atom. The molecule has 178 valence electrons. The summed E-state index contributed by atoms with van der Waals surface area (Å²) < 4.78 is 27.1. The highest BCUT2D eigenvalue weighted by Gasteiger charge is 2.41. The Balaban J connectivity index is 1.56. The van der Waals surface area contributed by atoms with Gasteiger partial charge in [-0.3, -0.25) is 15.0 Å². The lowest BCUT2D eigenvalue weighted by molar-refractivity contribution is -0.124. The van der Waals surface area contributed by atoms with Gasteiger partial charge < -0.3 is 20.9 Å². The van der Waals surface area contributed by atoms with E-state index >= 15 is 0 Å². The Kier molecular flexibility index (Phi) is 6.48. The van der Waals surface area contributed by atoms with Crippen LogP contribution in [0.2, 0.25) is 0 Å². The SMILES string of the molecule is CN/C=C(/NC(=O)c1nc(C2CC2)ccc1Nc1cncnc1)C(=N)C(=O)N1CCC(F)(F)C1. The number of nitrogens with zero attached hydrogens (tertiary/aromatic N) is 4. The molecule has 4 rings (SSSR count). The van der Waals surface area contributed by atoms with Crippen molar-refractivity contribution < 1.29 is 18.4 Å². The van der Waals surface area contributed by atoms with Crippen LogP contribution in [-0.2, 0) is 4.79 Å². The van der Waals surface area contributed by atoms with Gasteiger partial charge in [-0.25, -0.2) is 23.7 Å². The first-order valence-corrected chi connectivity index (χ1v) is 10.7. The molecule has 1 saturated heterocycles. The molecule has 12 heteroatoms. The van der Waals surface area contributed by atoms with E-state index in [0.717, 1.165) is 23.4 Å². The second-order valence-electron chi connectivity index (χ2n) is 8.17. The Hall–Kier alpha value is -3.96. The fourth-order valence-corrected chi connectivity index (χ4v) is 3.55. The van der Waals surface area contributed by atoms with E-state index in [0.29, 0.717) is 11.4 Å². The molecular formula is C22H24F2N8O2. The van der Waals surface area contributed by atoms with Crippen molar-refractivity contribution in [1.82, 2.24) is 30.5 Å². The molecular weight excluding hydrogens is 446 g/mol.